The highest BCUT2D eigenvalue weighted by atomic mass is 19.1. The van der Waals surface area contributed by atoms with E-state index in [4.69, 9.17) is 0 Å². The maximum absolute atomic E-state index is 14.6. The average Bonchev–Trinajstić information content (AvgIpc) is 3.45. The third-order valence-electron chi connectivity index (χ3n) is 5.06. The van der Waals surface area contributed by atoms with Gasteiger partial charge in [-0.2, -0.15) is 0 Å². The Labute approximate surface area is 152 Å². The molecule has 0 amide bonds. The van der Waals surface area contributed by atoms with Gasteiger partial charge in [-0.05, 0) is 36.5 Å². The van der Waals surface area contributed by atoms with Crippen LogP contribution in [0.15, 0.2) is 48.5 Å². The molecule has 3 rings (SSSR count). The first-order valence-corrected chi connectivity index (χ1v) is 9.07. The van der Waals surface area contributed by atoms with Crippen molar-refractivity contribution in [3.63, 3.8) is 0 Å². The van der Waals surface area contributed by atoms with Gasteiger partial charge < -0.3 is 5.11 Å². The van der Waals surface area contributed by atoms with E-state index in [1.165, 1.54) is 12.1 Å². The first kappa shape index (κ1) is 19.0. The third kappa shape index (κ3) is 4.29. The van der Waals surface area contributed by atoms with E-state index >= 15 is 0 Å². The van der Waals surface area contributed by atoms with Gasteiger partial charge in [0.05, 0.1) is 13.2 Å². The molecule has 1 radical (unpaired) electrons. The molecule has 0 saturated heterocycles. The van der Waals surface area contributed by atoms with Gasteiger partial charge in [0.25, 0.3) is 0 Å². The second-order valence-electron chi connectivity index (χ2n) is 6.92. The van der Waals surface area contributed by atoms with Crippen LogP contribution in [0.25, 0.3) is 0 Å². The highest BCUT2D eigenvalue weighted by Gasteiger charge is 2.36. The molecule has 2 aromatic carbocycles. The van der Waals surface area contributed by atoms with E-state index in [0.717, 1.165) is 12.8 Å². The van der Waals surface area contributed by atoms with Crippen molar-refractivity contribution in [1.29, 1.82) is 0 Å². The van der Waals surface area contributed by atoms with Crippen LogP contribution in [-0.2, 0) is 5.11 Å². The van der Waals surface area contributed by atoms with E-state index in [9.17, 15) is 19.0 Å². The minimum Gasteiger partial charge on any atom is -0.395 e. The van der Waals surface area contributed by atoms with Crippen molar-refractivity contribution < 1.29 is 19.0 Å². The second-order valence-corrected chi connectivity index (χ2v) is 6.92. The Morgan fingerprint density at radius 1 is 1.00 bits per heavy atom. The molecule has 26 heavy (non-hydrogen) atoms. The monoisotopic (exact) mass is 360 g/mol. The molecule has 0 bridgehead atoms. The van der Waals surface area contributed by atoms with Crippen LogP contribution in [0.2, 0.25) is 0 Å². The average molecular weight is 360 g/mol. The summed E-state index contributed by atoms with van der Waals surface area (Å²) in [5.41, 5.74) is 0.681. The van der Waals surface area contributed by atoms with Crippen LogP contribution in [0.1, 0.15) is 35.9 Å². The van der Waals surface area contributed by atoms with Gasteiger partial charge in [-0.1, -0.05) is 36.4 Å². The molecule has 1 N–H and O–H groups in total. The van der Waals surface area contributed by atoms with Crippen molar-refractivity contribution in [2.75, 3.05) is 26.3 Å². The maximum atomic E-state index is 14.6. The minimum atomic E-state index is -0.738. The summed E-state index contributed by atoms with van der Waals surface area (Å²) in [6.45, 7) is 0.331. The van der Waals surface area contributed by atoms with Crippen LogP contribution in [-0.4, -0.2) is 36.3 Å². The lowest BCUT2D eigenvalue weighted by Crippen LogP contribution is -2.38. The molecule has 1 fully saturated rings. The van der Waals surface area contributed by atoms with Gasteiger partial charge in [0.1, 0.15) is 11.6 Å². The van der Waals surface area contributed by atoms with Crippen LogP contribution in [0.5, 0.6) is 0 Å². The number of rotatable bonds is 9. The fourth-order valence-corrected chi connectivity index (χ4v) is 3.61. The topological polar surface area (TPSA) is 43.4 Å². The molecule has 5 heteroatoms. The zero-order valence-electron chi connectivity index (χ0n) is 14.7. The van der Waals surface area contributed by atoms with Crippen LogP contribution in [0.3, 0.4) is 0 Å². The summed E-state index contributed by atoms with van der Waals surface area (Å²) in [6, 6.07) is 11.9. The smallest absolute Gasteiger partial charge is 0.128 e. The summed E-state index contributed by atoms with van der Waals surface area (Å²) in [4.78, 5) is 1.95. The number of nitrogens with zero attached hydrogens (tertiary/aromatic N) is 1. The summed E-state index contributed by atoms with van der Waals surface area (Å²) in [7, 11) is 0. The number of hydrogen-bond donors (Lipinski definition) is 1. The highest BCUT2D eigenvalue weighted by Crippen LogP contribution is 2.40. The van der Waals surface area contributed by atoms with Gasteiger partial charge in [-0.3, -0.25) is 4.90 Å². The predicted molar refractivity (Wildman–Crippen MR) is 95.2 cm³/mol. The summed E-state index contributed by atoms with van der Waals surface area (Å²) >= 11 is 0. The van der Waals surface area contributed by atoms with Crippen molar-refractivity contribution in [3.05, 3.63) is 71.3 Å². The SMILES string of the molecule is [O]CC(c1ccccc1F)C(c1ccccc1F)N(CCO)CC1CC1. The predicted octanol–water partition coefficient (Wildman–Crippen LogP) is 3.92. The number of aliphatic hydroxyl groups excluding tert-OH is 1. The van der Waals surface area contributed by atoms with Crippen molar-refractivity contribution >= 4 is 0 Å². The molecule has 1 aliphatic rings. The molecule has 139 valence electrons. The van der Waals surface area contributed by atoms with E-state index < -0.39 is 30.2 Å². The normalized spacial score (nSPS) is 16.7. The van der Waals surface area contributed by atoms with Crippen LogP contribution >= 0.6 is 0 Å². The first-order chi connectivity index (χ1) is 12.7. The summed E-state index contributed by atoms with van der Waals surface area (Å²) in [5.74, 6) is -1.11. The molecule has 1 saturated carbocycles. The molecule has 0 aromatic heterocycles. The summed E-state index contributed by atoms with van der Waals surface area (Å²) in [6.07, 6.45) is 2.18. The number of benzene rings is 2. The van der Waals surface area contributed by atoms with Gasteiger partial charge in [0, 0.05) is 30.6 Å². The van der Waals surface area contributed by atoms with Crippen molar-refractivity contribution in [3.8, 4) is 0 Å². The van der Waals surface area contributed by atoms with Crippen molar-refractivity contribution in [1.82, 2.24) is 4.90 Å². The van der Waals surface area contributed by atoms with Gasteiger partial charge in [-0.15, -0.1) is 0 Å². The Morgan fingerprint density at radius 3 is 2.08 bits per heavy atom. The molecule has 2 unspecified atom stereocenters. The molecule has 2 atom stereocenters. The van der Waals surface area contributed by atoms with E-state index in [1.807, 2.05) is 4.90 Å². The summed E-state index contributed by atoms with van der Waals surface area (Å²) < 4.78 is 29.0. The third-order valence-corrected chi connectivity index (χ3v) is 5.06. The highest BCUT2D eigenvalue weighted by molar-refractivity contribution is 5.30. The molecule has 2 aromatic rings. The number of hydrogen-bond acceptors (Lipinski definition) is 2. The van der Waals surface area contributed by atoms with E-state index in [-0.39, 0.29) is 6.61 Å². The molecular formula is C21H24F2NO2. The zero-order valence-corrected chi connectivity index (χ0v) is 14.7. The standard InChI is InChI=1S/C21H24F2NO2/c22-19-7-3-1-5-16(19)18(14-26)21(17-6-2-4-8-20(17)23)24(11-12-25)13-15-9-10-15/h1-8,15,18,21,25H,9-14H2. The maximum Gasteiger partial charge on any atom is 0.128 e. The van der Waals surface area contributed by atoms with E-state index in [1.54, 1.807) is 36.4 Å². The lowest BCUT2D eigenvalue weighted by atomic mass is 9.85. The lowest BCUT2D eigenvalue weighted by Gasteiger charge is -2.37. The fraction of sp³-hybridized carbons (Fsp3) is 0.429. The van der Waals surface area contributed by atoms with Crippen LogP contribution < -0.4 is 0 Å². The first-order valence-electron chi connectivity index (χ1n) is 9.07. The molecule has 0 spiro atoms. The van der Waals surface area contributed by atoms with Gasteiger partial charge >= 0.3 is 0 Å². The Hall–Kier alpha value is -1.82. The molecule has 3 nitrogen and oxygen atoms in total. The number of halogens is 2. The van der Waals surface area contributed by atoms with Gasteiger partial charge in [0.15, 0.2) is 0 Å². The Morgan fingerprint density at radius 2 is 1.58 bits per heavy atom. The van der Waals surface area contributed by atoms with Crippen molar-refractivity contribution in [2.24, 2.45) is 5.92 Å². The van der Waals surface area contributed by atoms with E-state index in [2.05, 4.69) is 0 Å². The van der Waals surface area contributed by atoms with E-state index in [0.29, 0.717) is 30.1 Å². The Balaban J connectivity index is 2.05. The molecule has 0 heterocycles. The largest absolute Gasteiger partial charge is 0.395 e. The van der Waals surface area contributed by atoms with Crippen molar-refractivity contribution in [2.45, 2.75) is 24.8 Å². The van der Waals surface area contributed by atoms with Gasteiger partial charge in [0.2, 0.25) is 0 Å². The summed E-state index contributed by atoms with van der Waals surface area (Å²) in [5, 5.41) is 21.7. The zero-order chi connectivity index (χ0) is 18.5. The van der Waals surface area contributed by atoms with Crippen LogP contribution in [0, 0.1) is 17.6 Å². The van der Waals surface area contributed by atoms with Crippen LogP contribution in [0.4, 0.5) is 8.78 Å². The second kappa shape index (κ2) is 8.71. The lowest BCUT2D eigenvalue weighted by molar-refractivity contribution is 0.0803. The Bertz CT molecular complexity index is 721. The quantitative estimate of drug-likeness (QED) is 0.736. The van der Waals surface area contributed by atoms with Gasteiger partial charge in [-0.25, -0.2) is 13.9 Å². The Kier molecular flexibility index (Phi) is 6.35. The number of aliphatic hydroxyl groups is 1. The minimum absolute atomic E-state index is 0.0967. The fourth-order valence-electron chi connectivity index (χ4n) is 3.61. The molecule has 1 aliphatic carbocycles. The molecular weight excluding hydrogens is 336 g/mol. The molecule has 0 aliphatic heterocycles.